The van der Waals surface area contributed by atoms with E-state index in [1.165, 1.54) is 5.56 Å². The zero-order valence-corrected chi connectivity index (χ0v) is 7.79. The van der Waals surface area contributed by atoms with Gasteiger partial charge in [-0.3, -0.25) is 0 Å². The number of para-hydroxylation sites is 1. The van der Waals surface area contributed by atoms with Gasteiger partial charge in [0.15, 0.2) is 0 Å². The summed E-state index contributed by atoms with van der Waals surface area (Å²) in [5.41, 5.74) is 1.18. The van der Waals surface area contributed by atoms with Crippen LogP contribution in [0.25, 0.3) is 0 Å². The van der Waals surface area contributed by atoms with E-state index in [0.29, 0.717) is 6.42 Å². The van der Waals surface area contributed by atoms with E-state index in [0.717, 1.165) is 18.6 Å². The van der Waals surface area contributed by atoms with E-state index in [9.17, 15) is 0 Å². The Labute approximate surface area is 78.8 Å². The van der Waals surface area contributed by atoms with Crippen molar-refractivity contribution in [3.8, 4) is 11.8 Å². The lowest BCUT2D eigenvalue weighted by molar-refractivity contribution is 0.409. The Kier molecular flexibility index (Phi) is 3.84. The van der Waals surface area contributed by atoms with Gasteiger partial charge in [0.25, 0.3) is 0 Å². The third-order valence-corrected chi connectivity index (χ3v) is 1.93. The number of aryl methyl sites for hydroxylation is 1. The van der Waals surface area contributed by atoms with Crippen molar-refractivity contribution in [1.82, 2.24) is 0 Å². The fourth-order valence-corrected chi connectivity index (χ4v) is 1.27. The van der Waals surface area contributed by atoms with Gasteiger partial charge in [0.2, 0.25) is 0 Å². The van der Waals surface area contributed by atoms with Gasteiger partial charge in [0.05, 0.1) is 13.2 Å². The van der Waals surface area contributed by atoms with Crippen molar-refractivity contribution in [1.29, 1.82) is 5.26 Å². The van der Waals surface area contributed by atoms with Crippen LogP contribution in [0.3, 0.4) is 0 Å². The molecule has 0 bridgehead atoms. The van der Waals surface area contributed by atoms with Crippen LogP contribution < -0.4 is 4.74 Å². The molecule has 68 valence electrons. The van der Waals surface area contributed by atoms with E-state index in [1.54, 1.807) is 7.11 Å². The van der Waals surface area contributed by atoms with Gasteiger partial charge in [-0.25, -0.2) is 0 Å². The lowest BCUT2D eigenvalue weighted by atomic mass is 10.1. The summed E-state index contributed by atoms with van der Waals surface area (Å²) in [5.74, 6) is 0.917. The SMILES string of the molecule is COc1ccccc1CCCC#N. The molecule has 0 amide bonds. The molecule has 1 aromatic rings. The normalized spacial score (nSPS) is 9.23. The van der Waals surface area contributed by atoms with E-state index in [2.05, 4.69) is 6.07 Å². The summed E-state index contributed by atoms with van der Waals surface area (Å²) in [6.07, 6.45) is 2.42. The Morgan fingerprint density at radius 3 is 2.85 bits per heavy atom. The molecule has 0 atom stereocenters. The standard InChI is InChI=1S/C11H13NO/c1-13-11-8-3-2-6-10(11)7-4-5-9-12/h2-3,6,8H,4-5,7H2,1H3. The Morgan fingerprint density at radius 2 is 2.15 bits per heavy atom. The van der Waals surface area contributed by atoms with Crippen LogP contribution in [0.2, 0.25) is 0 Å². The Morgan fingerprint density at radius 1 is 1.38 bits per heavy atom. The summed E-state index contributed by atoms with van der Waals surface area (Å²) in [4.78, 5) is 0. The zero-order valence-electron chi connectivity index (χ0n) is 7.79. The summed E-state index contributed by atoms with van der Waals surface area (Å²) in [6.45, 7) is 0. The maximum absolute atomic E-state index is 8.39. The molecule has 0 aromatic heterocycles. The van der Waals surface area contributed by atoms with Gasteiger partial charge in [-0.2, -0.15) is 5.26 Å². The van der Waals surface area contributed by atoms with E-state index in [4.69, 9.17) is 10.00 Å². The molecule has 0 fully saturated rings. The highest BCUT2D eigenvalue weighted by molar-refractivity contribution is 5.33. The highest BCUT2D eigenvalue weighted by Gasteiger charge is 1.99. The lowest BCUT2D eigenvalue weighted by Gasteiger charge is -2.06. The predicted molar refractivity (Wildman–Crippen MR) is 51.5 cm³/mol. The molecule has 1 aromatic carbocycles. The summed E-state index contributed by atoms with van der Waals surface area (Å²) < 4.78 is 5.19. The minimum absolute atomic E-state index is 0.609. The average Bonchev–Trinajstić information content (AvgIpc) is 2.19. The smallest absolute Gasteiger partial charge is 0.122 e. The van der Waals surface area contributed by atoms with E-state index < -0.39 is 0 Å². The number of rotatable bonds is 4. The molecule has 0 heterocycles. The fraction of sp³-hybridized carbons (Fsp3) is 0.364. The largest absolute Gasteiger partial charge is 0.496 e. The van der Waals surface area contributed by atoms with Crippen LogP contribution in [0, 0.1) is 11.3 Å². The number of nitrogens with zero attached hydrogens (tertiary/aromatic N) is 1. The maximum Gasteiger partial charge on any atom is 0.122 e. The summed E-state index contributed by atoms with van der Waals surface area (Å²) in [7, 11) is 1.67. The third-order valence-electron chi connectivity index (χ3n) is 1.93. The highest BCUT2D eigenvalue weighted by atomic mass is 16.5. The highest BCUT2D eigenvalue weighted by Crippen LogP contribution is 2.18. The molecule has 0 aliphatic rings. The quantitative estimate of drug-likeness (QED) is 0.659. The van der Waals surface area contributed by atoms with Gasteiger partial charge in [0, 0.05) is 6.42 Å². The van der Waals surface area contributed by atoms with Crippen molar-refractivity contribution in [2.24, 2.45) is 0 Å². The summed E-state index contributed by atoms with van der Waals surface area (Å²) in [5, 5.41) is 8.39. The number of ether oxygens (including phenoxy) is 1. The number of unbranched alkanes of at least 4 members (excludes halogenated alkanes) is 1. The zero-order chi connectivity index (χ0) is 9.52. The molecule has 2 heteroatoms. The number of methoxy groups -OCH3 is 1. The van der Waals surface area contributed by atoms with Crippen molar-refractivity contribution < 1.29 is 4.74 Å². The molecule has 2 nitrogen and oxygen atoms in total. The molecule has 0 unspecified atom stereocenters. The second-order valence-electron chi connectivity index (χ2n) is 2.82. The van der Waals surface area contributed by atoms with Crippen LogP contribution in [0.4, 0.5) is 0 Å². The van der Waals surface area contributed by atoms with Crippen LogP contribution in [-0.4, -0.2) is 7.11 Å². The van der Waals surface area contributed by atoms with Crippen LogP contribution in [0.5, 0.6) is 5.75 Å². The average molecular weight is 175 g/mol. The van der Waals surface area contributed by atoms with E-state index in [-0.39, 0.29) is 0 Å². The minimum atomic E-state index is 0.609. The number of hydrogen-bond donors (Lipinski definition) is 0. The molecule has 0 spiro atoms. The van der Waals surface area contributed by atoms with Crippen molar-refractivity contribution >= 4 is 0 Å². The van der Waals surface area contributed by atoms with Gasteiger partial charge in [0.1, 0.15) is 5.75 Å². The molecule has 0 saturated carbocycles. The second-order valence-corrected chi connectivity index (χ2v) is 2.82. The molecule has 1 rings (SSSR count). The first-order valence-electron chi connectivity index (χ1n) is 4.37. The molecular weight excluding hydrogens is 162 g/mol. The van der Waals surface area contributed by atoms with Crippen LogP contribution in [-0.2, 0) is 6.42 Å². The van der Waals surface area contributed by atoms with Crippen LogP contribution in [0.1, 0.15) is 18.4 Å². The van der Waals surface area contributed by atoms with Gasteiger partial charge < -0.3 is 4.74 Å². The van der Waals surface area contributed by atoms with Crippen molar-refractivity contribution in [3.63, 3.8) is 0 Å². The predicted octanol–water partition coefficient (Wildman–Crippen LogP) is 2.54. The Hall–Kier alpha value is -1.49. The van der Waals surface area contributed by atoms with Gasteiger partial charge in [-0.15, -0.1) is 0 Å². The van der Waals surface area contributed by atoms with Gasteiger partial charge in [-0.05, 0) is 24.5 Å². The van der Waals surface area contributed by atoms with E-state index in [1.807, 2.05) is 24.3 Å². The summed E-state index contributed by atoms with van der Waals surface area (Å²) >= 11 is 0. The second kappa shape index (κ2) is 5.21. The lowest BCUT2D eigenvalue weighted by Crippen LogP contribution is -1.91. The molecule has 13 heavy (non-hydrogen) atoms. The van der Waals surface area contributed by atoms with Crippen LogP contribution >= 0.6 is 0 Å². The Bertz CT molecular complexity index is 301. The monoisotopic (exact) mass is 175 g/mol. The number of nitriles is 1. The maximum atomic E-state index is 8.39. The number of benzene rings is 1. The van der Waals surface area contributed by atoms with Crippen molar-refractivity contribution in [2.45, 2.75) is 19.3 Å². The van der Waals surface area contributed by atoms with Crippen LogP contribution in [0.15, 0.2) is 24.3 Å². The Balaban J connectivity index is 2.60. The molecular formula is C11H13NO. The minimum Gasteiger partial charge on any atom is -0.496 e. The van der Waals surface area contributed by atoms with Gasteiger partial charge >= 0.3 is 0 Å². The molecule has 0 radical (unpaired) electrons. The van der Waals surface area contributed by atoms with Gasteiger partial charge in [-0.1, -0.05) is 18.2 Å². The van der Waals surface area contributed by atoms with E-state index >= 15 is 0 Å². The summed E-state index contributed by atoms with van der Waals surface area (Å²) in [6, 6.07) is 10.1. The molecule has 0 aliphatic carbocycles. The molecule has 0 N–H and O–H groups in total. The van der Waals surface area contributed by atoms with Crippen molar-refractivity contribution in [3.05, 3.63) is 29.8 Å². The number of hydrogen-bond acceptors (Lipinski definition) is 2. The first-order chi connectivity index (χ1) is 6.38. The third kappa shape index (κ3) is 2.79. The molecule has 0 aliphatic heterocycles. The topological polar surface area (TPSA) is 33.0 Å². The first kappa shape index (κ1) is 9.60. The first-order valence-corrected chi connectivity index (χ1v) is 4.37. The van der Waals surface area contributed by atoms with Crippen molar-refractivity contribution in [2.75, 3.05) is 7.11 Å². The molecule has 0 saturated heterocycles. The fourth-order valence-electron chi connectivity index (χ4n) is 1.27.